The summed E-state index contributed by atoms with van der Waals surface area (Å²) in [5.74, 6) is 0.589. The normalized spacial score (nSPS) is 10.6. The van der Waals surface area contributed by atoms with Crippen molar-refractivity contribution in [2.24, 2.45) is 0 Å². The van der Waals surface area contributed by atoms with E-state index in [2.05, 4.69) is 23.1 Å². The maximum atomic E-state index is 11.8. The Bertz CT molecular complexity index is 596. The minimum Gasteiger partial charge on any atom is -0.508 e. The SMILES string of the molecule is CCCCCCCCCCCCCCNC(=O)NNC(=O)CCSc1ccc(O)cc1. The summed E-state index contributed by atoms with van der Waals surface area (Å²) in [7, 11) is 0. The van der Waals surface area contributed by atoms with E-state index < -0.39 is 0 Å². The molecule has 0 heterocycles. The zero-order valence-electron chi connectivity index (χ0n) is 19.1. The molecule has 31 heavy (non-hydrogen) atoms. The quantitative estimate of drug-likeness (QED) is 0.135. The van der Waals surface area contributed by atoms with Crippen molar-refractivity contribution in [2.75, 3.05) is 12.3 Å². The Kier molecular flexibility index (Phi) is 16.5. The van der Waals surface area contributed by atoms with Crippen LogP contribution >= 0.6 is 11.8 Å². The highest BCUT2D eigenvalue weighted by Gasteiger charge is 2.04. The van der Waals surface area contributed by atoms with Crippen molar-refractivity contribution >= 4 is 23.7 Å². The van der Waals surface area contributed by atoms with Crippen molar-refractivity contribution in [2.45, 2.75) is 95.3 Å². The fraction of sp³-hybridized carbons (Fsp3) is 0.667. The second-order valence-corrected chi connectivity index (χ2v) is 9.08. The van der Waals surface area contributed by atoms with Crippen LogP contribution in [0.25, 0.3) is 0 Å². The predicted octanol–water partition coefficient (Wildman–Crippen LogP) is 5.91. The summed E-state index contributed by atoms with van der Waals surface area (Å²) in [5, 5.41) is 12.0. The number of thioether (sulfide) groups is 1. The number of phenolic OH excluding ortho intramolecular Hbond substituents is 1. The van der Waals surface area contributed by atoms with Crippen molar-refractivity contribution in [1.29, 1.82) is 0 Å². The van der Waals surface area contributed by atoms with Crippen molar-refractivity contribution in [1.82, 2.24) is 16.2 Å². The molecule has 1 rings (SSSR count). The van der Waals surface area contributed by atoms with Crippen molar-refractivity contribution < 1.29 is 14.7 Å². The number of aromatic hydroxyl groups is 1. The molecule has 3 amide bonds. The molecule has 0 bridgehead atoms. The summed E-state index contributed by atoms with van der Waals surface area (Å²) in [5.41, 5.74) is 4.81. The average molecular weight is 452 g/mol. The lowest BCUT2D eigenvalue weighted by Gasteiger charge is -2.09. The highest BCUT2D eigenvalue weighted by Crippen LogP contribution is 2.21. The molecule has 0 saturated carbocycles. The van der Waals surface area contributed by atoms with Crippen molar-refractivity contribution in [3.63, 3.8) is 0 Å². The van der Waals surface area contributed by atoms with E-state index >= 15 is 0 Å². The highest BCUT2D eigenvalue weighted by atomic mass is 32.2. The van der Waals surface area contributed by atoms with E-state index in [4.69, 9.17) is 0 Å². The number of nitrogens with one attached hydrogen (secondary N) is 3. The predicted molar refractivity (Wildman–Crippen MR) is 129 cm³/mol. The highest BCUT2D eigenvalue weighted by molar-refractivity contribution is 7.99. The number of unbranched alkanes of at least 4 members (excludes halogenated alkanes) is 11. The lowest BCUT2D eigenvalue weighted by Crippen LogP contribution is -2.47. The first-order chi connectivity index (χ1) is 15.1. The molecule has 0 atom stereocenters. The first-order valence-electron chi connectivity index (χ1n) is 11.9. The minimum atomic E-state index is -0.373. The van der Waals surface area contributed by atoms with Gasteiger partial charge in [-0.15, -0.1) is 11.8 Å². The van der Waals surface area contributed by atoms with Crippen LogP contribution in [0.5, 0.6) is 5.75 Å². The van der Waals surface area contributed by atoms with Gasteiger partial charge in [0.2, 0.25) is 5.91 Å². The number of benzene rings is 1. The van der Waals surface area contributed by atoms with E-state index in [1.807, 2.05) is 0 Å². The van der Waals surface area contributed by atoms with Gasteiger partial charge in [0.1, 0.15) is 5.75 Å². The summed E-state index contributed by atoms with van der Waals surface area (Å²) < 4.78 is 0. The number of hydrogen-bond donors (Lipinski definition) is 4. The molecule has 0 spiro atoms. The van der Waals surface area contributed by atoms with Gasteiger partial charge in [-0.3, -0.25) is 10.2 Å². The first-order valence-corrected chi connectivity index (χ1v) is 12.8. The van der Waals surface area contributed by atoms with E-state index in [0.717, 1.165) is 17.7 Å². The lowest BCUT2D eigenvalue weighted by molar-refractivity contribution is -0.121. The van der Waals surface area contributed by atoms with Crippen LogP contribution in [0.2, 0.25) is 0 Å². The van der Waals surface area contributed by atoms with E-state index in [1.165, 1.54) is 76.0 Å². The van der Waals surface area contributed by atoms with Crippen LogP contribution in [-0.4, -0.2) is 29.3 Å². The molecule has 0 aromatic heterocycles. The number of amides is 3. The van der Waals surface area contributed by atoms with Gasteiger partial charge >= 0.3 is 6.03 Å². The Hall–Kier alpha value is -1.89. The summed E-state index contributed by atoms with van der Waals surface area (Å²) in [6.45, 7) is 2.87. The zero-order chi connectivity index (χ0) is 22.6. The van der Waals surface area contributed by atoms with Gasteiger partial charge in [-0.1, -0.05) is 77.6 Å². The molecule has 0 aliphatic rings. The fourth-order valence-electron chi connectivity index (χ4n) is 3.21. The van der Waals surface area contributed by atoms with Crippen LogP contribution in [0, 0.1) is 0 Å². The van der Waals surface area contributed by atoms with Gasteiger partial charge in [0.15, 0.2) is 0 Å². The molecule has 7 heteroatoms. The maximum absolute atomic E-state index is 11.8. The number of phenols is 1. The first kappa shape index (κ1) is 27.1. The van der Waals surface area contributed by atoms with Crippen LogP contribution < -0.4 is 16.2 Å². The second kappa shape index (κ2) is 18.8. The third-order valence-corrected chi connectivity index (χ3v) is 6.08. The van der Waals surface area contributed by atoms with Gasteiger partial charge in [0, 0.05) is 23.6 Å². The van der Waals surface area contributed by atoms with Crippen LogP contribution in [-0.2, 0) is 4.79 Å². The van der Waals surface area contributed by atoms with E-state index in [-0.39, 0.29) is 17.7 Å². The van der Waals surface area contributed by atoms with Crippen molar-refractivity contribution in [3.05, 3.63) is 24.3 Å². The van der Waals surface area contributed by atoms with Gasteiger partial charge in [-0.2, -0.15) is 0 Å². The van der Waals surface area contributed by atoms with Crippen LogP contribution in [0.1, 0.15) is 90.4 Å². The Balaban J connectivity index is 1.86. The smallest absolute Gasteiger partial charge is 0.333 e. The lowest BCUT2D eigenvalue weighted by atomic mass is 10.1. The maximum Gasteiger partial charge on any atom is 0.333 e. The molecule has 4 N–H and O–H groups in total. The van der Waals surface area contributed by atoms with E-state index in [1.54, 1.807) is 24.3 Å². The largest absolute Gasteiger partial charge is 0.508 e. The monoisotopic (exact) mass is 451 g/mol. The average Bonchev–Trinajstić information content (AvgIpc) is 2.77. The fourth-order valence-corrected chi connectivity index (χ4v) is 4.06. The molecule has 0 fully saturated rings. The number of urea groups is 1. The number of hydrogen-bond acceptors (Lipinski definition) is 4. The van der Waals surface area contributed by atoms with E-state index in [9.17, 15) is 14.7 Å². The van der Waals surface area contributed by atoms with Gasteiger partial charge in [-0.25, -0.2) is 10.2 Å². The molecule has 0 aliphatic heterocycles. The third kappa shape index (κ3) is 16.5. The molecule has 1 aromatic carbocycles. The minimum absolute atomic E-state index is 0.223. The van der Waals surface area contributed by atoms with Gasteiger partial charge in [0.05, 0.1) is 0 Å². The summed E-state index contributed by atoms with van der Waals surface area (Å²) >= 11 is 1.52. The number of carbonyl (C=O) groups is 2. The molecule has 0 unspecified atom stereocenters. The summed E-state index contributed by atoms with van der Waals surface area (Å²) in [6.07, 6.45) is 15.8. The Morgan fingerprint density at radius 3 is 1.94 bits per heavy atom. The second-order valence-electron chi connectivity index (χ2n) is 7.91. The molecule has 0 saturated heterocycles. The summed E-state index contributed by atoms with van der Waals surface area (Å²) in [6, 6.07) is 6.47. The molecule has 1 aromatic rings. The number of carbonyl (C=O) groups excluding carboxylic acids is 2. The topological polar surface area (TPSA) is 90.5 Å². The van der Waals surface area contributed by atoms with Gasteiger partial charge in [0.25, 0.3) is 0 Å². The Labute approximate surface area is 192 Å². The van der Waals surface area contributed by atoms with E-state index in [0.29, 0.717) is 18.7 Å². The van der Waals surface area contributed by atoms with Gasteiger partial charge in [-0.05, 0) is 30.7 Å². The van der Waals surface area contributed by atoms with Gasteiger partial charge < -0.3 is 10.4 Å². The molecular weight excluding hydrogens is 410 g/mol. The van der Waals surface area contributed by atoms with Crippen molar-refractivity contribution in [3.8, 4) is 5.75 Å². The Morgan fingerprint density at radius 2 is 1.35 bits per heavy atom. The third-order valence-electron chi connectivity index (χ3n) is 5.07. The molecule has 6 nitrogen and oxygen atoms in total. The molecule has 0 radical (unpaired) electrons. The standard InChI is InChI=1S/C24H41N3O3S/c1-2-3-4-5-6-7-8-9-10-11-12-13-19-25-24(30)27-26-23(29)18-20-31-22-16-14-21(28)15-17-22/h14-17,28H,2-13,18-20H2,1H3,(H,26,29)(H2,25,27,30). The zero-order valence-corrected chi connectivity index (χ0v) is 19.9. The van der Waals surface area contributed by atoms with Crippen LogP contribution in [0.15, 0.2) is 29.2 Å². The van der Waals surface area contributed by atoms with Crippen LogP contribution in [0.3, 0.4) is 0 Å². The number of rotatable bonds is 17. The molecule has 176 valence electrons. The number of hydrazine groups is 1. The van der Waals surface area contributed by atoms with Crippen LogP contribution in [0.4, 0.5) is 4.79 Å². The Morgan fingerprint density at radius 1 is 0.806 bits per heavy atom. The molecular formula is C24H41N3O3S. The summed E-state index contributed by atoms with van der Waals surface area (Å²) in [4.78, 5) is 24.5. The molecule has 0 aliphatic carbocycles.